The number of halogens is 1. The van der Waals surface area contributed by atoms with Gasteiger partial charge in [-0.15, -0.1) is 0 Å². The van der Waals surface area contributed by atoms with Crippen LogP contribution in [0.15, 0.2) is 36.7 Å². The van der Waals surface area contributed by atoms with Crippen LogP contribution in [0.1, 0.15) is 5.82 Å². The van der Waals surface area contributed by atoms with E-state index in [1.165, 1.54) is 12.1 Å². The second-order valence-electron chi connectivity index (χ2n) is 5.46. The van der Waals surface area contributed by atoms with Gasteiger partial charge in [0.1, 0.15) is 24.0 Å². The number of aromatic amines is 1. The van der Waals surface area contributed by atoms with Gasteiger partial charge in [0.2, 0.25) is 0 Å². The maximum Gasteiger partial charge on any atom is 0.123 e. The summed E-state index contributed by atoms with van der Waals surface area (Å²) in [6, 6.07) is 6.17. The fourth-order valence-electron chi connectivity index (χ4n) is 2.59. The summed E-state index contributed by atoms with van der Waals surface area (Å²) in [4.78, 5) is 12.2. The Balaban J connectivity index is 1.34. The normalized spacial score (nSPS) is 16.8. The van der Waals surface area contributed by atoms with Crippen molar-refractivity contribution < 1.29 is 9.13 Å². The van der Waals surface area contributed by atoms with E-state index in [0.29, 0.717) is 6.61 Å². The Hall–Kier alpha value is -1.92. The van der Waals surface area contributed by atoms with Crippen molar-refractivity contribution in [1.82, 2.24) is 19.8 Å². The minimum atomic E-state index is -0.236. The number of rotatable bonds is 6. The van der Waals surface area contributed by atoms with Gasteiger partial charge in [0.15, 0.2) is 0 Å². The summed E-state index contributed by atoms with van der Waals surface area (Å²) < 4.78 is 18.4. The predicted molar refractivity (Wildman–Crippen MR) is 82.2 cm³/mol. The zero-order valence-corrected chi connectivity index (χ0v) is 12.5. The van der Waals surface area contributed by atoms with Gasteiger partial charge >= 0.3 is 0 Å². The van der Waals surface area contributed by atoms with Crippen molar-refractivity contribution in [2.45, 2.75) is 6.54 Å². The first-order valence-electron chi connectivity index (χ1n) is 7.61. The lowest BCUT2D eigenvalue weighted by molar-refractivity contribution is 0.111. The van der Waals surface area contributed by atoms with Crippen LogP contribution >= 0.6 is 0 Å². The molecule has 1 aliphatic heterocycles. The first-order valence-corrected chi connectivity index (χ1v) is 7.61. The zero-order valence-electron chi connectivity index (χ0n) is 12.5. The van der Waals surface area contributed by atoms with Gasteiger partial charge in [-0.25, -0.2) is 9.37 Å². The fourth-order valence-corrected chi connectivity index (χ4v) is 2.59. The number of hydrogen-bond acceptors (Lipinski definition) is 4. The molecule has 1 saturated heterocycles. The minimum Gasteiger partial charge on any atom is -0.492 e. The van der Waals surface area contributed by atoms with E-state index in [9.17, 15) is 4.39 Å². The molecule has 2 aromatic rings. The molecular weight excluding hydrogens is 283 g/mol. The number of piperazine rings is 1. The van der Waals surface area contributed by atoms with Crippen LogP contribution in [0.3, 0.4) is 0 Å². The standard InChI is InChI=1S/C16H21FN4O/c17-14-1-3-15(4-2-14)22-12-11-20-7-9-21(10-8-20)13-16-18-5-6-19-16/h1-6H,7-13H2,(H,18,19). The molecule has 0 unspecified atom stereocenters. The zero-order chi connectivity index (χ0) is 15.2. The van der Waals surface area contributed by atoms with Crippen molar-refractivity contribution in [2.75, 3.05) is 39.3 Å². The molecule has 5 nitrogen and oxygen atoms in total. The van der Waals surface area contributed by atoms with E-state index in [0.717, 1.165) is 50.8 Å². The minimum absolute atomic E-state index is 0.236. The van der Waals surface area contributed by atoms with E-state index in [2.05, 4.69) is 19.8 Å². The maximum atomic E-state index is 12.8. The molecule has 2 heterocycles. The highest BCUT2D eigenvalue weighted by Gasteiger charge is 2.17. The van der Waals surface area contributed by atoms with E-state index < -0.39 is 0 Å². The summed E-state index contributed by atoms with van der Waals surface area (Å²) in [5.74, 6) is 1.51. The molecule has 1 aromatic heterocycles. The van der Waals surface area contributed by atoms with Gasteiger partial charge in [0, 0.05) is 45.1 Å². The molecule has 0 spiro atoms. The van der Waals surface area contributed by atoms with Crippen molar-refractivity contribution in [3.63, 3.8) is 0 Å². The number of ether oxygens (including phenoxy) is 1. The molecule has 1 aliphatic rings. The number of H-pyrrole nitrogens is 1. The lowest BCUT2D eigenvalue weighted by Gasteiger charge is -2.34. The highest BCUT2D eigenvalue weighted by molar-refractivity contribution is 5.21. The molecule has 0 bridgehead atoms. The van der Waals surface area contributed by atoms with E-state index in [4.69, 9.17) is 4.74 Å². The summed E-state index contributed by atoms with van der Waals surface area (Å²) in [5, 5.41) is 0. The number of aromatic nitrogens is 2. The van der Waals surface area contributed by atoms with Crippen molar-refractivity contribution in [3.8, 4) is 5.75 Å². The predicted octanol–water partition coefficient (Wildman–Crippen LogP) is 1.75. The monoisotopic (exact) mass is 304 g/mol. The largest absolute Gasteiger partial charge is 0.492 e. The third kappa shape index (κ3) is 4.29. The first kappa shape index (κ1) is 15.0. The summed E-state index contributed by atoms with van der Waals surface area (Å²) in [6.45, 7) is 6.55. The third-order valence-electron chi connectivity index (χ3n) is 3.88. The second-order valence-corrected chi connectivity index (χ2v) is 5.46. The van der Waals surface area contributed by atoms with Crippen LogP contribution in [0.25, 0.3) is 0 Å². The lowest BCUT2D eigenvalue weighted by Crippen LogP contribution is -2.47. The molecule has 22 heavy (non-hydrogen) atoms. The van der Waals surface area contributed by atoms with Crippen LogP contribution in [0.2, 0.25) is 0 Å². The van der Waals surface area contributed by atoms with Crippen LogP contribution in [-0.4, -0.2) is 59.1 Å². The van der Waals surface area contributed by atoms with Crippen LogP contribution in [0.5, 0.6) is 5.75 Å². The fraction of sp³-hybridized carbons (Fsp3) is 0.438. The lowest BCUT2D eigenvalue weighted by atomic mass is 10.3. The molecule has 6 heteroatoms. The molecule has 0 aliphatic carbocycles. The molecule has 0 saturated carbocycles. The Morgan fingerprint density at radius 2 is 1.82 bits per heavy atom. The summed E-state index contributed by atoms with van der Waals surface area (Å²) >= 11 is 0. The van der Waals surface area contributed by atoms with Crippen molar-refractivity contribution in [1.29, 1.82) is 0 Å². The highest BCUT2D eigenvalue weighted by Crippen LogP contribution is 2.11. The Labute approximate surface area is 129 Å². The van der Waals surface area contributed by atoms with E-state index in [-0.39, 0.29) is 5.82 Å². The van der Waals surface area contributed by atoms with Crippen LogP contribution in [0, 0.1) is 5.82 Å². The van der Waals surface area contributed by atoms with Crippen molar-refractivity contribution in [3.05, 3.63) is 48.3 Å². The average molecular weight is 304 g/mol. The number of imidazole rings is 1. The number of hydrogen-bond donors (Lipinski definition) is 1. The summed E-state index contributed by atoms with van der Waals surface area (Å²) in [6.07, 6.45) is 3.65. The number of nitrogens with zero attached hydrogens (tertiary/aromatic N) is 3. The highest BCUT2D eigenvalue weighted by atomic mass is 19.1. The topological polar surface area (TPSA) is 44.4 Å². The summed E-state index contributed by atoms with van der Waals surface area (Å²) in [5.41, 5.74) is 0. The molecule has 1 aromatic carbocycles. The van der Waals surface area contributed by atoms with E-state index in [1.807, 2.05) is 6.20 Å². The van der Waals surface area contributed by atoms with Gasteiger partial charge < -0.3 is 9.72 Å². The molecule has 3 rings (SSSR count). The Bertz CT molecular complexity index is 550. The Morgan fingerprint density at radius 1 is 1.09 bits per heavy atom. The number of benzene rings is 1. The van der Waals surface area contributed by atoms with Gasteiger partial charge in [-0.1, -0.05) is 0 Å². The SMILES string of the molecule is Fc1ccc(OCCN2CCN(Cc3ncc[nH]3)CC2)cc1. The van der Waals surface area contributed by atoms with Crippen LogP contribution < -0.4 is 4.74 Å². The maximum absolute atomic E-state index is 12.8. The molecule has 1 fully saturated rings. The van der Waals surface area contributed by atoms with Crippen LogP contribution in [-0.2, 0) is 6.54 Å². The number of nitrogens with one attached hydrogen (secondary N) is 1. The van der Waals surface area contributed by atoms with Gasteiger partial charge in [-0.05, 0) is 24.3 Å². The Morgan fingerprint density at radius 3 is 2.50 bits per heavy atom. The molecule has 118 valence electrons. The molecule has 0 radical (unpaired) electrons. The van der Waals surface area contributed by atoms with Gasteiger partial charge in [0.25, 0.3) is 0 Å². The van der Waals surface area contributed by atoms with Crippen molar-refractivity contribution in [2.24, 2.45) is 0 Å². The average Bonchev–Trinajstić information content (AvgIpc) is 3.04. The van der Waals surface area contributed by atoms with E-state index in [1.54, 1.807) is 18.3 Å². The molecule has 0 amide bonds. The summed E-state index contributed by atoms with van der Waals surface area (Å²) in [7, 11) is 0. The van der Waals surface area contributed by atoms with Crippen molar-refractivity contribution >= 4 is 0 Å². The second kappa shape index (κ2) is 7.38. The van der Waals surface area contributed by atoms with E-state index >= 15 is 0 Å². The third-order valence-corrected chi connectivity index (χ3v) is 3.88. The molecule has 0 atom stereocenters. The smallest absolute Gasteiger partial charge is 0.123 e. The molecule has 1 N–H and O–H groups in total. The Kier molecular flexibility index (Phi) is 5.03. The van der Waals surface area contributed by atoms with Crippen LogP contribution in [0.4, 0.5) is 4.39 Å². The molecular formula is C16H21FN4O. The first-order chi connectivity index (χ1) is 10.8. The van der Waals surface area contributed by atoms with Gasteiger partial charge in [-0.3, -0.25) is 9.80 Å². The van der Waals surface area contributed by atoms with Gasteiger partial charge in [-0.2, -0.15) is 0 Å². The quantitative estimate of drug-likeness (QED) is 0.883. The van der Waals surface area contributed by atoms with Gasteiger partial charge in [0.05, 0.1) is 6.54 Å².